The second-order valence-electron chi connectivity index (χ2n) is 4.44. The summed E-state index contributed by atoms with van der Waals surface area (Å²) in [6.45, 7) is 0.00335. The number of nitrogens with zero attached hydrogens (tertiary/aromatic N) is 1. The van der Waals surface area contributed by atoms with Crippen LogP contribution in [-0.4, -0.2) is 9.55 Å². The van der Waals surface area contributed by atoms with Crippen LogP contribution in [0.5, 0.6) is 0 Å². The molecule has 2 aromatic rings. The number of benzene rings is 1. The Bertz CT molecular complexity index is 745. The van der Waals surface area contributed by atoms with Crippen LogP contribution in [0.2, 0.25) is 0 Å². The van der Waals surface area contributed by atoms with Crippen molar-refractivity contribution < 1.29 is 13.2 Å². The summed E-state index contributed by atoms with van der Waals surface area (Å²) >= 11 is 0. The fourth-order valence-electron chi connectivity index (χ4n) is 1.81. The first-order chi connectivity index (χ1) is 9.81. The van der Waals surface area contributed by atoms with Gasteiger partial charge in [-0.15, -0.1) is 0 Å². The monoisotopic (exact) mass is 299 g/mol. The Morgan fingerprint density at radius 1 is 1.14 bits per heavy atom. The third-order valence-corrected chi connectivity index (χ3v) is 2.94. The molecule has 0 aliphatic carbocycles. The summed E-state index contributed by atoms with van der Waals surface area (Å²) in [6, 6.07) is 4.44. The van der Waals surface area contributed by atoms with Crippen molar-refractivity contribution >= 4 is 0 Å². The fraction of sp³-hybridized carbons (Fsp3) is 0.231. The molecule has 1 aromatic heterocycles. The first-order valence-electron chi connectivity index (χ1n) is 6.00. The van der Waals surface area contributed by atoms with Gasteiger partial charge >= 0.3 is 11.9 Å². The molecule has 0 aliphatic rings. The van der Waals surface area contributed by atoms with Gasteiger partial charge in [0.1, 0.15) is 0 Å². The van der Waals surface area contributed by atoms with Crippen LogP contribution in [0.1, 0.15) is 16.7 Å². The van der Waals surface area contributed by atoms with Crippen LogP contribution < -0.4 is 17.0 Å². The minimum absolute atomic E-state index is 0.0391. The molecule has 0 saturated heterocycles. The molecule has 0 bridgehead atoms. The number of alkyl halides is 3. The van der Waals surface area contributed by atoms with E-state index in [1.165, 1.54) is 22.9 Å². The highest BCUT2D eigenvalue weighted by atomic mass is 19.4. The molecular formula is C13H12F3N3O2. The summed E-state index contributed by atoms with van der Waals surface area (Å²) in [5, 5.41) is 0. The van der Waals surface area contributed by atoms with Crippen molar-refractivity contribution in [3.63, 3.8) is 0 Å². The molecule has 2 rings (SSSR count). The van der Waals surface area contributed by atoms with E-state index >= 15 is 0 Å². The molecule has 0 unspecified atom stereocenters. The molecule has 0 spiro atoms. The van der Waals surface area contributed by atoms with Crippen molar-refractivity contribution in [2.75, 3.05) is 0 Å². The van der Waals surface area contributed by atoms with E-state index in [9.17, 15) is 22.8 Å². The lowest BCUT2D eigenvalue weighted by Gasteiger charge is -2.09. The summed E-state index contributed by atoms with van der Waals surface area (Å²) in [4.78, 5) is 25.1. The first-order valence-corrected chi connectivity index (χ1v) is 6.00. The lowest BCUT2D eigenvalue weighted by molar-refractivity contribution is -0.137. The highest BCUT2D eigenvalue weighted by Crippen LogP contribution is 2.29. The molecule has 112 valence electrons. The number of rotatable bonds is 3. The Kier molecular flexibility index (Phi) is 3.99. The van der Waals surface area contributed by atoms with Gasteiger partial charge in [-0.1, -0.05) is 12.1 Å². The van der Waals surface area contributed by atoms with E-state index in [1.807, 2.05) is 0 Å². The summed E-state index contributed by atoms with van der Waals surface area (Å²) in [7, 11) is 0. The molecule has 21 heavy (non-hydrogen) atoms. The largest absolute Gasteiger partial charge is 0.416 e. The molecule has 0 radical (unpaired) electrons. The molecule has 5 nitrogen and oxygen atoms in total. The predicted octanol–water partition coefficient (Wildman–Crippen LogP) is 1.06. The molecule has 0 amide bonds. The molecule has 1 aromatic carbocycles. The van der Waals surface area contributed by atoms with Crippen molar-refractivity contribution in [2.24, 2.45) is 5.73 Å². The first kappa shape index (κ1) is 15.0. The highest BCUT2D eigenvalue weighted by Gasteiger charge is 2.29. The Hall–Kier alpha value is -2.35. The van der Waals surface area contributed by atoms with E-state index in [1.54, 1.807) is 0 Å². The zero-order valence-corrected chi connectivity index (χ0v) is 10.8. The number of halogens is 3. The second kappa shape index (κ2) is 5.57. The Balaban J connectivity index is 2.30. The zero-order valence-electron chi connectivity index (χ0n) is 10.8. The van der Waals surface area contributed by atoms with Gasteiger partial charge in [0.05, 0.1) is 12.1 Å². The van der Waals surface area contributed by atoms with Crippen LogP contribution in [0.4, 0.5) is 13.2 Å². The van der Waals surface area contributed by atoms with Gasteiger partial charge in [0.25, 0.3) is 5.56 Å². The van der Waals surface area contributed by atoms with Crippen LogP contribution in [0.15, 0.2) is 40.1 Å². The Morgan fingerprint density at radius 3 is 2.29 bits per heavy atom. The predicted molar refractivity (Wildman–Crippen MR) is 69.8 cm³/mol. The van der Waals surface area contributed by atoms with Crippen molar-refractivity contribution in [1.29, 1.82) is 0 Å². The van der Waals surface area contributed by atoms with Crippen molar-refractivity contribution in [2.45, 2.75) is 19.3 Å². The number of hydrogen-bond acceptors (Lipinski definition) is 3. The van der Waals surface area contributed by atoms with E-state index in [-0.39, 0.29) is 18.7 Å². The summed E-state index contributed by atoms with van der Waals surface area (Å²) in [6.07, 6.45) is -3.10. The van der Waals surface area contributed by atoms with Crippen LogP contribution >= 0.6 is 0 Å². The minimum atomic E-state index is -4.40. The molecule has 3 N–H and O–H groups in total. The van der Waals surface area contributed by atoms with E-state index in [0.717, 1.165) is 12.1 Å². The Labute approximate surface area is 116 Å². The van der Waals surface area contributed by atoms with Gasteiger partial charge < -0.3 is 5.73 Å². The fourth-order valence-corrected chi connectivity index (χ4v) is 1.81. The van der Waals surface area contributed by atoms with E-state index in [0.29, 0.717) is 5.56 Å². The average molecular weight is 299 g/mol. The number of H-pyrrole nitrogens is 1. The maximum Gasteiger partial charge on any atom is 0.416 e. The third-order valence-electron chi connectivity index (χ3n) is 2.94. The van der Waals surface area contributed by atoms with Crippen molar-refractivity contribution in [1.82, 2.24) is 9.55 Å². The zero-order chi connectivity index (χ0) is 15.6. The van der Waals surface area contributed by atoms with Gasteiger partial charge in [0.15, 0.2) is 0 Å². The van der Waals surface area contributed by atoms with Gasteiger partial charge in [0, 0.05) is 18.3 Å². The molecule has 0 atom stereocenters. The number of aromatic nitrogens is 2. The normalized spacial score (nSPS) is 11.6. The van der Waals surface area contributed by atoms with Crippen LogP contribution in [0.3, 0.4) is 0 Å². The maximum absolute atomic E-state index is 12.4. The van der Waals surface area contributed by atoms with E-state index in [2.05, 4.69) is 4.98 Å². The van der Waals surface area contributed by atoms with Gasteiger partial charge in [-0.3, -0.25) is 14.3 Å². The van der Waals surface area contributed by atoms with Gasteiger partial charge in [-0.05, 0) is 17.7 Å². The van der Waals surface area contributed by atoms with Crippen molar-refractivity contribution in [3.05, 3.63) is 68.0 Å². The standard InChI is InChI=1S/C13H12F3N3O2/c14-13(15,16)10-3-1-8(2-4-10)6-19-7-9(5-17)11(20)18-12(19)21/h1-4,7H,5-6,17H2,(H,18,20,21). The van der Waals surface area contributed by atoms with Crippen LogP contribution in [0, 0.1) is 0 Å². The molecule has 1 heterocycles. The van der Waals surface area contributed by atoms with Crippen LogP contribution in [-0.2, 0) is 19.3 Å². The van der Waals surface area contributed by atoms with Crippen LogP contribution in [0.25, 0.3) is 0 Å². The van der Waals surface area contributed by atoms with E-state index in [4.69, 9.17) is 5.73 Å². The van der Waals surface area contributed by atoms with Gasteiger partial charge in [-0.2, -0.15) is 13.2 Å². The molecule has 0 aliphatic heterocycles. The second-order valence-corrected chi connectivity index (χ2v) is 4.44. The highest BCUT2D eigenvalue weighted by molar-refractivity contribution is 5.25. The molecule has 0 saturated carbocycles. The number of nitrogens with two attached hydrogens (primary N) is 1. The number of nitrogens with one attached hydrogen (secondary N) is 1. The minimum Gasteiger partial charge on any atom is -0.326 e. The quantitative estimate of drug-likeness (QED) is 0.889. The molecule has 0 fully saturated rings. The number of aromatic amines is 1. The smallest absolute Gasteiger partial charge is 0.326 e. The van der Waals surface area contributed by atoms with Gasteiger partial charge in [0.2, 0.25) is 0 Å². The summed E-state index contributed by atoms with van der Waals surface area (Å²) in [5.74, 6) is 0. The Morgan fingerprint density at radius 2 is 1.76 bits per heavy atom. The average Bonchev–Trinajstić information content (AvgIpc) is 2.41. The van der Waals surface area contributed by atoms with Crippen molar-refractivity contribution in [3.8, 4) is 0 Å². The lowest BCUT2D eigenvalue weighted by atomic mass is 10.1. The third kappa shape index (κ3) is 3.40. The molecule has 8 heteroatoms. The number of hydrogen-bond donors (Lipinski definition) is 2. The topological polar surface area (TPSA) is 80.9 Å². The summed E-state index contributed by atoms with van der Waals surface area (Å²) < 4.78 is 38.5. The molecular weight excluding hydrogens is 287 g/mol. The SMILES string of the molecule is NCc1cn(Cc2ccc(C(F)(F)F)cc2)c(=O)[nH]c1=O. The lowest BCUT2D eigenvalue weighted by Crippen LogP contribution is -2.32. The van der Waals surface area contributed by atoms with E-state index < -0.39 is 23.0 Å². The summed E-state index contributed by atoms with van der Waals surface area (Å²) in [5.41, 5.74) is 4.13. The van der Waals surface area contributed by atoms with Gasteiger partial charge in [-0.25, -0.2) is 4.79 Å². The maximum atomic E-state index is 12.4.